The van der Waals surface area contributed by atoms with E-state index in [-0.39, 0.29) is 11.8 Å². The van der Waals surface area contributed by atoms with Gasteiger partial charge in [-0.1, -0.05) is 11.6 Å². The maximum Gasteiger partial charge on any atom is 0.490 e. The lowest BCUT2D eigenvalue weighted by molar-refractivity contribution is -0.193. The zero-order chi connectivity index (χ0) is 38.1. The van der Waals surface area contributed by atoms with E-state index in [9.17, 15) is 39.6 Å². The Morgan fingerprint density at radius 1 is 0.941 bits per heavy atom. The molecule has 278 valence electrons. The van der Waals surface area contributed by atoms with Crippen molar-refractivity contribution in [2.45, 2.75) is 44.5 Å². The van der Waals surface area contributed by atoms with Crippen molar-refractivity contribution >= 4 is 68.3 Å². The Morgan fingerprint density at radius 2 is 1.55 bits per heavy atom. The summed E-state index contributed by atoms with van der Waals surface area (Å²) in [4.78, 5) is 43.8. The lowest BCUT2D eigenvalue weighted by Crippen LogP contribution is -2.38. The number of aliphatic carboxylic acids is 2. The number of amides is 1. The van der Waals surface area contributed by atoms with Crippen LogP contribution in [-0.4, -0.2) is 87.4 Å². The summed E-state index contributed by atoms with van der Waals surface area (Å²) >= 11 is 6.34. The topological polar surface area (TPSA) is 204 Å². The van der Waals surface area contributed by atoms with E-state index >= 15 is 0 Å². The number of carbonyl (C=O) groups is 3. The average Bonchev–Trinajstić information content (AvgIpc) is 3.02. The van der Waals surface area contributed by atoms with Crippen molar-refractivity contribution in [3.63, 3.8) is 0 Å². The maximum absolute atomic E-state index is 12.9. The van der Waals surface area contributed by atoms with Crippen LogP contribution in [-0.2, 0) is 37.2 Å². The summed E-state index contributed by atoms with van der Waals surface area (Å²) in [6.07, 6.45) is -0.768. The summed E-state index contributed by atoms with van der Waals surface area (Å²) in [6, 6.07) is 7.74. The fourth-order valence-corrected chi connectivity index (χ4v) is 5.67. The molecule has 1 fully saturated rings. The van der Waals surface area contributed by atoms with Gasteiger partial charge in [-0.05, 0) is 67.0 Å². The van der Waals surface area contributed by atoms with Crippen LogP contribution < -0.4 is 16.0 Å². The second kappa shape index (κ2) is 17.0. The Hall–Kier alpha value is -4.76. The molecule has 1 amide bonds. The highest BCUT2D eigenvalue weighted by Crippen LogP contribution is 2.30. The largest absolute Gasteiger partial charge is 0.490 e. The minimum absolute atomic E-state index is 0.0750. The van der Waals surface area contributed by atoms with E-state index in [1.807, 2.05) is 30.5 Å². The number of piperidine rings is 1. The molecule has 14 nitrogen and oxygen atoms in total. The molecule has 5 N–H and O–H groups in total. The van der Waals surface area contributed by atoms with Crippen LogP contribution in [0.25, 0.3) is 0 Å². The predicted molar refractivity (Wildman–Crippen MR) is 171 cm³/mol. The molecule has 0 atom stereocenters. The van der Waals surface area contributed by atoms with E-state index in [1.165, 1.54) is 16.8 Å². The standard InChI is InChI=1S/C25H28ClN7O3S.2C2HF3O2/c1-37(35,36)33-8-6-16(7-9-33)11-23(34)31-22-5-4-19-12-18(22)3-2-17-10-20(14-27-13-17)30-25-28-15-21(26)24(29-19)32-25;2*3-2(4,5)1(6)7/h4-5,10,12-16H,2-3,6-9,11H2,1H3,(H,31,34)(H2,28,29,30,32);2*(H,6,7). The molecule has 0 radical (unpaired) electrons. The van der Waals surface area contributed by atoms with Gasteiger partial charge in [0, 0.05) is 37.1 Å². The number of anilines is 5. The number of alkyl halides is 6. The first-order valence-corrected chi connectivity index (χ1v) is 16.8. The average molecular weight is 770 g/mol. The van der Waals surface area contributed by atoms with Crippen LogP contribution in [0.1, 0.15) is 30.4 Å². The molecule has 4 heterocycles. The Bertz CT molecular complexity index is 1820. The molecule has 3 aromatic rings. The number of sulfonamides is 1. The number of benzene rings is 1. The van der Waals surface area contributed by atoms with Gasteiger partial charge >= 0.3 is 24.3 Å². The number of carbonyl (C=O) groups excluding carboxylic acids is 1. The van der Waals surface area contributed by atoms with Crippen molar-refractivity contribution in [1.82, 2.24) is 19.3 Å². The summed E-state index contributed by atoms with van der Waals surface area (Å²) in [5.41, 5.74) is 4.31. The van der Waals surface area contributed by atoms with Crippen LogP contribution in [0.4, 0.5) is 55.2 Å². The minimum Gasteiger partial charge on any atom is -0.475 e. The molecule has 51 heavy (non-hydrogen) atoms. The number of carboxylic acid groups (broad SMARTS) is 2. The second-order valence-electron chi connectivity index (χ2n) is 11.1. The van der Waals surface area contributed by atoms with Gasteiger partial charge in [-0.15, -0.1) is 0 Å². The fraction of sp³-hybridized carbons (Fsp3) is 0.379. The van der Waals surface area contributed by atoms with Gasteiger partial charge in [0.1, 0.15) is 5.02 Å². The summed E-state index contributed by atoms with van der Waals surface area (Å²) in [5.74, 6) is -4.57. The van der Waals surface area contributed by atoms with Crippen molar-refractivity contribution in [2.75, 3.05) is 35.3 Å². The van der Waals surface area contributed by atoms with Gasteiger partial charge in [-0.25, -0.2) is 27.3 Å². The number of halogens is 7. The molecule has 0 unspecified atom stereocenters. The van der Waals surface area contributed by atoms with Crippen molar-refractivity contribution in [1.29, 1.82) is 0 Å². The van der Waals surface area contributed by atoms with Crippen LogP contribution in [0.15, 0.2) is 42.9 Å². The van der Waals surface area contributed by atoms with Crippen LogP contribution in [0, 0.1) is 5.92 Å². The zero-order valence-corrected chi connectivity index (χ0v) is 27.9. The zero-order valence-electron chi connectivity index (χ0n) is 26.3. The molecular weight excluding hydrogens is 740 g/mol. The minimum atomic E-state index is -5.08. The number of aryl methyl sites for hydroxylation is 2. The summed E-state index contributed by atoms with van der Waals surface area (Å²) in [7, 11) is -3.19. The van der Waals surface area contributed by atoms with E-state index in [0.717, 1.165) is 34.6 Å². The molecule has 6 bridgehead atoms. The molecule has 22 heteroatoms. The maximum atomic E-state index is 12.9. The SMILES string of the molecule is CS(=O)(=O)N1CCC(CC(=O)Nc2ccc3cc2CCc2cncc(c2)Nc2ncc(Cl)c(n2)N3)CC1.O=C(O)C(F)(F)F.O=C(O)C(F)(F)F. The third-order valence-corrected chi connectivity index (χ3v) is 8.70. The Labute approximate surface area is 291 Å². The smallest absolute Gasteiger partial charge is 0.475 e. The number of aromatic nitrogens is 3. The first-order valence-electron chi connectivity index (χ1n) is 14.6. The highest BCUT2D eigenvalue weighted by atomic mass is 35.5. The highest BCUT2D eigenvalue weighted by Gasteiger charge is 2.39. The van der Waals surface area contributed by atoms with Crippen LogP contribution >= 0.6 is 11.6 Å². The summed E-state index contributed by atoms with van der Waals surface area (Å²) in [6.45, 7) is 0.912. The van der Waals surface area contributed by atoms with Gasteiger partial charge < -0.3 is 26.2 Å². The third-order valence-electron chi connectivity index (χ3n) is 7.12. The number of rotatable bonds is 4. The Balaban J connectivity index is 0.000000424. The number of pyridine rings is 1. The highest BCUT2D eigenvalue weighted by molar-refractivity contribution is 7.88. The first kappa shape index (κ1) is 40.7. The van der Waals surface area contributed by atoms with Gasteiger partial charge in [0.25, 0.3) is 0 Å². The van der Waals surface area contributed by atoms with Crippen LogP contribution in [0.3, 0.4) is 0 Å². The molecule has 2 aliphatic rings. The summed E-state index contributed by atoms with van der Waals surface area (Å²) < 4.78 is 88.5. The Kier molecular flexibility index (Phi) is 13.5. The van der Waals surface area contributed by atoms with Gasteiger partial charge in [0.15, 0.2) is 5.82 Å². The normalized spacial score (nSPS) is 15.0. The number of carboxylic acids is 2. The number of fused-ring (bicyclic) bond motifs is 6. The van der Waals surface area contributed by atoms with Crippen molar-refractivity contribution in [3.8, 4) is 0 Å². The molecule has 0 saturated carbocycles. The van der Waals surface area contributed by atoms with Crippen molar-refractivity contribution in [3.05, 3.63) is 59.0 Å². The molecule has 0 aliphatic carbocycles. The van der Waals surface area contributed by atoms with Gasteiger partial charge in [-0.2, -0.15) is 31.3 Å². The lowest BCUT2D eigenvalue weighted by Gasteiger charge is -2.29. The van der Waals surface area contributed by atoms with E-state index < -0.39 is 34.3 Å². The van der Waals surface area contributed by atoms with Crippen molar-refractivity contribution < 1.29 is 59.4 Å². The molecule has 2 aliphatic heterocycles. The number of hydrogen-bond donors (Lipinski definition) is 5. The number of nitrogens with one attached hydrogen (secondary N) is 3. The van der Waals surface area contributed by atoms with Gasteiger partial charge in [-0.3, -0.25) is 9.78 Å². The molecule has 0 spiro atoms. The molecule has 5 rings (SSSR count). The van der Waals surface area contributed by atoms with Crippen LogP contribution in [0.2, 0.25) is 5.02 Å². The molecule has 2 aromatic heterocycles. The first-order chi connectivity index (χ1) is 23.6. The summed E-state index contributed by atoms with van der Waals surface area (Å²) in [5, 5.41) is 24.1. The predicted octanol–water partition coefficient (Wildman–Crippen LogP) is 5.38. The second-order valence-corrected chi connectivity index (χ2v) is 13.4. The number of hydrogen-bond acceptors (Lipinski definition) is 10. The van der Waals surface area contributed by atoms with E-state index in [2.05, 4.69) is 30.9 Å². The van der Waals surface area contributed by atoms with E-state index in [1.54, 1.807) is 6.20 Å². The van der Waals surface area contributed by atoms with Gasteiger partial charge in [0.05, 0.1) is 24.3 Å². The number of nitrogens with zero attached hydrogens (tertiary/aromatic N) is 4. The van der Waals surface area contributed by atoms with Crippen molar-refractivity contribution in [2.24, 2.45) is 5.92 Å². The third kappa shape index (κ3) is 13.1. The van der Waals surface area contributed by atoms with E-state index in [0.29, 0.717) is 55.6 Å². The van der Waals surface area contributed by atoms with Gasteiger partial charge in [0.2, 0.25) is 21.9 Å². The lowest BCUT2D eigenvalue weighted by atomic mass is 9.94. The monoisotopic (exact) mass is 769 g/mol. The van der Waals surface area contributed by atoms with Crippen LogP contribution in [0.5, 0.6) is 0 Å². The van der Waals surface area contributed by atoms with E-state index in [4.69, 9.17) is 31.4 Å². The Morgan fingerprint density at radius 3 is 2.12 bits per heavy atom. The fourth-order valence-electron chi connectivity index (χ4n) is 4.66. The molecule has 1 aromatic carbocycles. The molecule has 1 saturated heterocycles. The molecular formula is C29H30ClF6N7O7S. The quantitative estimate of drug-likeness (QED) is 0.213.